The number of hydrogen-bond acceptors (Lipinski definition) is 2. The second-order valence-electron chi connectivity index (χ2n) is 4.27. The van der Waals surface area contributed by atoms with E-state index >= 15 is 0 Å². The fourth-order valence-electron chi connectivity index (χ4n) is 1.78. The molecule has 1 atom stereocenters. The highest BCUT2D eigenvalue weighted by atomic mass is 35.5. The number of aryl methyl sites for hydroxylation is 1. The summed E-state index contributed by atoms with van der Waals surface area (Å²) in [5, 5.41) is 14.0. The minimum atomic E-state index is -0.524. The lowest BCUT2D eigenvalue weighted by molar-refractivity contribution is 0.191. The normalized spacial score (nSPS) is 12.2. The molecular formula is C15H16ClNO. The summed E-state index contributed by atoms with van der Waals surface area (Å²) in [5.41, 5.74) is 2.97. The zero-order chi connectivity index (χ0) is 13.0. The molecule has 0 aliphatic rings. The highest BCUT2D eigenvalue weighted by Gasteiger charge is 2.07. The summed E-state index contributed by atoms with van der Waals surface area (Å²) in [6, 6.07) is 15.3. The Hall–Kier alpha value is -1.51. The number of anilines is 1. The van der Waals surface area contributed by atoms with Gasteiger partial charge in [-0.1, -0.05) is 48.0 Å². The average molecular weight is 262 g/mol. The van der Waals surface area contributed by atoms with Crippen molar-refractivity contribution in [3.8, 4) is 0 Å². The molecule has 2 N–H and O–H groups in total. The first-order valence-corrected chi connectivity index (χ1v) is 6.27. The van der Waals surface area contributed by atoms with E-state index < -0.39 is 6.10 Å². The molecule has 2 aromatic carbocycles. The molecule has 2 aromatic rings. The molecule has 3 heteroatoms. The number of benzene rings is 2. The van der Waals surface area contributed by atoms with Crippen molar-refractivity contribution in [2.24, 2.45) is 0 Å². The van der Waals surface area contributed by atoms with E-state index in [1.807, 2.05) is 55.5 Å². The molecule has 0 bridgehead atoms. The maximum absolute atomic E-state index is 10.0. The van der Waals surface area contributed by atoms with Crippen LogP contribution in [0.15, 0.2) is 48.5 Å². The third kappa shape index (κ3) is 3.25. The summed E-state index contributed by atoms with van der Waals surface area (Å²) < 4.78 is 0. The second-order valence-corrected chi connectivity index (χ2v) is 4.70. The Kier molecular flexibility index (Phi) is 4.24. The average Bonchev–Trinajstić information content (AvgIpc) is 2.40. The maximum Gasteiger partial charge on any atom is 0.0962 e. The van der Waals surface area contributed by atoms with Crippen LogP contribution in [-0.4, -0.2) is 11.7 Å². The zero-order valence-electron chi connectivity index (χ0n) is 10.2. The minimum Gasteiger partial charge on any atom is -0.387 e. The first kappa shape index (κ1) is 12.9. The molecule has 18 heavy (non-hydrogen) atoms. The lowest BCUT2D eigenvalue weighted by Crippen LogP contribution is -2.12. The van der Waals surface area contributed by atoms with Gasteiger partial charge in [-0.05, 0) is 30.2 Å². The van der Waals surface area contributed by atoms with Gasteiger partial charge in [0.25, 0.3) is 0 Å². The predicted molar refractivity (Wildman–Crippen MR) is 76.1 cm³/mol. The molecule has 0 aromatic heterocycles. The number of hydrogen-bond donors (Lipinski definition) is 2. The van der Waals surface area contributed by atoms with Gasteiger partial charge in [-0.3, -0.25) is 0 Å². The molecular weight excluding hydrogens is 246 g/mol. The number of nitrogens with one attached hydrogen (secondary N) is 1. The molecule has 0 spiro atoms. The van der Waals surface area contributed by atoms with Gasteiger partial charge in [-0.2, -0.15) is 0 Å². The Balaban J connectivity index is 2.01. The summed E-state index contributed by atoms with van der Waals surface area (Å²) >= 11 is 5.95. The van der Waals surface area contributed by atoms with Crippen molar-refractivity contribution in [3.05, 3.63) is 64.7 Å². The zero-order valence-corrected chi connectivity index (χ0v) is 11.0. The third-order valence-corrected chi connectivity index (χ3v) is 3.10. The highest BCUT2D eigenvalue weighted by molar-refractivity contribution is 6.30. The third-order valence-electron chi connectivity index (χ3n) is 2.87. The summed E-state index contributed by atoms with van der Waals surface area (Å²) in [4.78, 5) is 0. The number of halogens is 1. The van der Waals surface area contributed by atoms with Crippen molar-refractivity contribution in [2.45, 2.75) is 13.0 Å². The fraction of sp³-hybridized carbons (Fsp3) is 0.200. The van der Waals surface area contributed by atoms with Crippen LogP contribution in [0.3, 0.4) is 0 Å². The smallest absolute Gasteiger partial charge is 0.0962 e. The highest BCUT2D eigenvalue weighted by Crippen LogP contribution is 2.21. The van der Waals surface area contributed by atoms with E-state index in [1.54, 1.807) is 0 Å². The second kappa shape index (κ2) is 5.89. The lowest BCUT2D eigenvalue weighted by atomic mass is 10.1. The van der Waals surface area contributed by atoms with Gasteiger partial charge in [0.2, 0.25) is 0 Å². The molecule has 0 saturated heterocycles. The standard InChI is InChI=1S/C15H16ClNO/c1-11-7-8-13(16)9-14(11)17-10-15(18)12-5-3-2-4-6-12/h2-9,15,17-18H,10H2,1H3. The summed E-state index contributed by atoms with van der Waals surface area (Å²) in [6.07, 6.45) is -0.524. The molecule has 0 heterocycles. The minimum absolute atomic E-state index is 0.463. The molecule has 2 rings (SSSR count). The van der Waals surface area contributed by atoms with E-state index in [0.29, 0.717) is 11.6 Å². The first-order valence-electron chi connectivity index (χ1n) is 5.90. The molecule has 0 radical (unpaired) electrons. The van der Waals surface area contributed by atoms with E-state index in [0.717, 1.165) is 16.8 Å². The lowest BCUT2D eigenvalue weighted by Gasteiger charge is -2.14. The molecule has 0 fully saturated rings. The molecule has 0 amide bonds. The Labute approximate surface area is 112 Å². The van der Waals surface area contributed by atoms with Gasteiger partial charge in [-0.25, -0.2) is 0 Å². The molecule has 0 aliphatic heterocycles. The SMILES string of the molecule is Cc1ccc(Cl)cc1NCC(O)c1ccccc1. The van der Waals surface area contributed by atoms with Crippen LogP contribution in [-0.2, 0) is 0 Å². The van der Waals surface area contributed by atoms with Crippen molar-refractivity contribution in [3.63, 3.8) is 0 Å². The van der Waals surface area contributed by atoms with Gasteiger partial charge in [0.1, 0.15) is 0 Å². The van der Waals surface area contributed by atoms with Gasteiger partial charge in [-0.15, -0.1) is 0 Å². The van der Waals surface area contributed by atoms with Crippen molar-refractivity contribution in [2.75, 3.05) is 11.9 Å². The van der Waals surface area contributed by atoms with E-state index in [1.165, 1.54) is 0 Å². The summed E-state index contributed by atoms with van der Waals surface area (Å²) in [7, 11) is 0. The molecule has 1 unspecified atom stereocenters. The monoisotopic (exact) mass is 261 g/mol. The van der Waals surface area contributed by atoms with Gasteiger partial charge in [0, 0.05) is 17.3 Å². The van der Waals surface area contributed by atoms with Gasteiger partial charge < -0.3 is 10.4 Å². The number of rotatable bonds is 4. The van der Waals surface area contributed by atoms with Crippen molar-refractivity contribution < 1.29 is 5.11 Å². The van der Waals surface area contributed by atoms with Crippen LogP contribution >= 0.6 is 11.6 Å². The van der Waals surface area contributed by atoms with E-state index in [4.69, 9.17) is 11.6 Å². The molecule has 0 saturated carbocycles. The Bertz CT molecular complexity index is 513. The molecule has 0 aliphatic carbocycles. The van der Waals surface area contributed by atoms with Gasteiger partial charge >= 0.3 is 0 Å². The van der Waals surface area contributed by atoms with Gasteiger partial charge in [0.15, 0.2) is 0 Å². The quantitative estimate of drug-likeness (QED) is 0.878. The summed E-state index contributed by atoms with van der Waals surface area (Å²) in [5.74, 6) is 0. The van der Waals surface area contributed by atoms with Crippen LogP contribution < -0.4 is 5.32 Å². The summed E-state index contributed by atoms with van der Waals surface area (Å²) in [6.45, 7) is 2.47. The van der Waals surface area contributed by atoms with Crippen molar-refractivity contribution >= 4 is 17.3 Å². The van der Waals surface area contributed by atoms with Crippen molar-refractivity contribution in [1.82, 2.24) is 0 Å². The maximum atomic E-state index is 10.0. The van der Waals surface area contributed by atoms with Crippen molar-refractivity contribution in [1.29, 1.82) is 0 Å². The van der Waals surface area contributed by atoms with E-state index in [2.05, 4.69) is 5.32 Å². The Morgan fingerprint density at radius 3 is 2.61 bits per heavy atom. The largest absolute Gasteiger partial charge is 0.387 e. The first-order chi connectivity index (χ1) is 8.66. The van der Waals surface area contributed by atoms with Crippen LogP contribution in [0.5, 0.6) is 0 Å². The molecule has 2 nitrogen and oxygen atoms in total. The van der Waals surface area contributed by atoms with E-state index in [9.17, 15) is 5.11 Å². The Morgan fingerprint density at radius 2 is 1.89 bits per heavy atom. The predicted octanol–water partition coefficient (Wildman–Crippen LogP) is 3.79. The van der Waals surface area contributed by atoms with Gasteiger partial charge in [0.05, 0.1) is 6.10 Å². The van der Waals surface area contributed by atoms with Crippen LogP contribution in [0.4, 0.5) is 5.69 Å². The van der Waals surface area contributed by atoms with Crippen LogP contribution in [0.2, 0.25) is 5.02 Å². The fourth-order valence-corrected chi connectivity index (χ4v) is 1.96. The Morgan fingerprint density at radius 1 is 1.17 bits per heavy atom. The number of aliphatic hydroxyl groups is 1. The van der Waals surface area contributed by atoms with Crippen LogP contribution in [0.25, 0.3) is 0 Å². The number of aliphatic hydroxyl groups excluding tert-OH is 1. The van der Waals surface area contributed by atoms with Crippen LogP contribution in [0, 0.1) is 6.92 Å². The topological polar surface area (TPSA) is 32.3 Å². The molecule has 94 valence electrons. The van der Waals surface area contributed by atoms with E-state index in [-0.39, 0.29) is 0 Å². The van der Waals surface area contributed by atoms with Crippen LogP contribution in [0.1, 0.15) is 17.2 Å².